The Kier molecular flexibility index (Phi) is 4.60. The second-order valence-corrected chi connectivity index (χ2v) is 5.68. The molecule has 1 aliphatic rings. The highest BCUT2D eigenvalue weighted by Gasteiger charge is 2.23. The largest absolute Gasteiger partial charge is 0.335 e. The van der Waals surface area contributed by atoms with Crippen molar-refractivity contribution >= 4 is 29.0 Å². The van der Waals surface area contributed by atoms with Crippen molar-refractivity contribution in [3.8, 4) is 0 Å². The summed E-state index contributed by atoms with van der Waals surface area (Å²) in [7, 11) is 0. The van der Waals surface area contributed by atoms with Gasteiger partial charge in [0.25, 0.3) is 11.6 Å². The summed E-state index contributed by atoms with van der Waals surface area (Å²) < 4.78 is 0. The molecule has 1 fully saturated rings. The van der Waals surface area contributed by atoms with Crippen molar-refractivity contribution in [2.75, 3.05) is 10.6 Å². The fourth-order valence-electron chi connectivity index (χ4n) is 2.24. The SMILES string of the molecule is O=C(Nc1ccc(NC(=O)c2ccccc2[N+](=O)[O-])cc1)NC1CC1. The Labute approximate surface area is 143 Å². The van der Waals surface area contributed by atoms with E-state index >= 15 is 0 Å². The van der Waals surface area contributed by atoms with Gasteiger partial charge in [0.15, 0.2) is 0 Å². The van der Waals surface area contributed by atoms with Crippen LogP contribution < -0.4 is 16.0 Å². The topological polar surface area (TPSA) is 113 Å². The van der Waals surface area contributed by atoms with Gasteiger partial charge in [0.2, 0.25) is 0 Å². The lowest BCUT2D eigenvalue weighted by molar-refractivity contribution is -0.385. The number of anilines is 2. The molecule has 3 rings (SSSR count). The monoisotopic (exact) mass is 340 g/mol. The third-order valence-corrected chi connectivity index (χ3v) is 3.66. The smallest absolute Gasteiger partial charge is 0.319 e. The zero-order chi connectivity index (χ0) is 17.8. The molecule has 2 aromatic rings. The predicted molar refractivity (Wildman–Crippen MR) is 92.7 cm³/mol. The lowest BCUT2D eigenvalue weighted by Gasteiger charge is -2.09. The average Bonchev–Trinajstić information content (AvgIpc) is 3.40. The minimum absolute atomic E-state index is 0.0153. The van der Waals surface area contributed by atoms with Gasteiger partial charge in [-0.3, -0.25) is 14.9 Å². The van der Waals surface area contributed by atoms with E-state index in [1.54, 1.807) is 30.3 Å². The highest BCUT2D eigenvalue weighted by atomic mass is 16.6. The second kappa shape index (κ2) is 7.00. The molecule has 0 aliphatic heterocycles. The molecular weight excluding hydrogens is 324 g/mol. The molecule has 128 valence electrons. The average molecular weight is 340 g/mol. The van der Waals surface area contributed by atoms with Crippen LogP contribution in [0.3, 0.4) is 0 Å². The van der Waals surface area contributed by atoms with E-state index in [0.29, 0.717) is 11.4 Å². The number of hydrogen-bond acceptors (Lipinski definition) is 4. The number of rotatable bonds is 5. The normalized spacial score (nSPS) is 13.0. The Hall–Kier alpha value is -3.42. The molecule has 3 amide bonds. The van der Waals surface area contributed by atoms with Gasteiger partial charge in [-0.15, -0.1) is 0 Å². The number of nitro benzene ring substituents is 1. The van der Waals surface area contributed by atoms with Crippen LogP contribution in [0.2, 0.25) is 0 Å². The van der Waals surface area contributed by atoms with E-state index in [1.807, 2.05) is 0 Å². The van der Waals surface area contributed by atoms with E-state index < -0.39 is 10.8 Å². The number of carbonyl (C=O) groups excluding carboxylic acids is 2. The fourth-order valence-corrected chi connectivity index (χ4v) is 2.24. The lowest BCUT2D eigenvalue weighted by atomic mass is 10.1. The molecule has 2 aromatic carbocycles. The van der Waals surface area contributed by atoms with Crippen molar-refractivity contribution in [2.24, 2.45) is 0 Å². The fraction of sp³-hybridized carbons (Fsp3) is 0.176. The van der Waals surface area contributed by atoms with Crippen molar-refractivity contribution in [3.63, 3.8) is 0 Å². The van der Waals surface area contributed by atoms with Gasteiger partial charge in [-0.05, 0) is 43.2 Å². The number of nitrogens with one attached hydrogen (secondary N) is 3. The first-order valence-electron chi connectivity index (χ1n) is 7.75. The standard InChI is InChI=1S/C17H16N4O4/c22-16(14-3-1-2-4-15(14)21(24)25)18-11-5-7-12(8-6-11)19-17(23)20-13-9-10-13/h1-8,13H,9-10H2,(H,18,22)(H2,19,20,23). The number of urea groups is 1. The number of para-hydroxylation sites is 1. The van der Waals surface area contributed by atoms with Crippen molar-refractivity contribution in [3.05, 3.63) is 64.2 Å². The van der Waals surface area contributed by atoms with Gasteiger partial charge in [-0.2, -0.15) is 0 Å². The summed E-state index contributed by atoms with van der Waals surface area (Å²) in [4.78, 5) is 34.3. The highest BCUT2D eigenvalue weighted by molar-refractivity contribution is 6.07. The maximum absolute atomic E-state index is 12.2. The second-order valence-electron chi connectivity index (χ2n) is 5.68. The van der Waals surface area contributed by atoms with Crippen LogP contribution in [0.4, 0.5) is 21.9 Å². The minimum atomic E-state index is -0.597. The number of nitrogens with zero attached hydrogens (tertiary/aromatic N) is 1. The molecule has 1 saturated carbocycles. The van der Waals surface area contributed by atoms with E-state index in [2.05, 4.69) is 16.0 Å². The summed E-state index contributed by atoms with van der Waals surface area (Å²) in [6.45, 7) is 0. The zero-order valence-corrected chi connectivity index (χ0v) is 13.2. The maximum Gasteiger partial charge on any atom is 0.319 e. The van der Waals surface area contributed by atoms with Crippen LogP contribution in [0.15, 0.2) is 48.5 Å². The minimum Gasteiger partial charge on any atom is -0.335 e. The molecule has 0 aromatic heterocycles. The van der Waals surface area contributed by atoms with Crippen LogP contribution >= 0.6 is 0 Å². The quantitative estimate of drug-likeness (QED) is 0.573. The van der Waals surface area contributed by atoms with Gasteiger partial charge in [0, 0.05) is 23.5 Å². The zero-order valence-electron chi connectivity index (χ0n) is 13.2. The molecule has 3 N–H and O–H groups in total. The predicted octanol–water partition coefficient (Wildman–Crippen LogP) is 3.13. The first kappa shape index (κ1) is 16.4. The van der Waals surface area contributed by atoms with Crippen LogP contribution in [0.1, 0.15) is 23.2 Å². The van der Waals surface area contributed by atoms with E-state index in [-0.39, 0.29) is 23.3 Å². The summed E-state index contributed by atoms with van der Waals surface area (Å²) in [5.41, 5.74) is 0.784. The van der Waals surface area contributed by atoms with E-state index in [9.17, 15) is 19.7 Å². The molecule has 0 unspecified atom stereocenters. The highest BCUT2D eigenvalue weighted by Crippen LogP contribution is 2.21. The van der Waals surface area contributed by atoms with Gasteiger partial charge < -0.3 is 16.0 Å². The van der Waals surface area contributed by atoms with Crippen molar-refractivity contribution in [1.29, 1.82) is 0 Å². The summed E-state index contributed by atoms with van der Waals surface area (Å²) in [6.07, 6.45) is 2.01. The molecule has 25 heavy (non-hydrogen) atoms. The third kappa shape index (κ3) is 4.31. The molecule has 1 aliphatic carbocycles. The molecule has 0 bridgehead atoms. The molecular formula is C17H16N4O4. The molecule has 8 heteroatoms. The molecule has 0 spiro atoms. The summed E-state index contributed by atoms with van der Waals surface area (Å²) in [5, 5.41) is 19.1. The van der Waals surface area contributed by atoms with Gasteiger partial charge in [0.1, 0.15) is 5.56 Å². The van der Waals surface area contributed by atoms with Gasteiger partial charge in [0.05, 0.1) is 4.92 Å². The molecule has 0 atom stereocenters. The Bertz CT molecular complexity index is 816. The van der Waals surface area contributed by atoms with Crippen LogP contribution in [-0.4, -0.2) is 22.9 Å². The number of carbonyl (C=O) groups is 2. The maximum atomic E-state index is 12.2. The van der Waals surface area contributed by atoms with Gasteiger partial charge in [-0.25, -0.2) is 4.79 Å². The molecule has 0 radical (unpaired) electrons. The molecule has 8 nitrogen and oxygen atoms in total. The molecule has 0 heterocycles. The van der Waals surface area contributed by atoms with E-state index in [4.69, 9.17) is 0 Å². The van der Waals surface area contributed by atoms with Crippen LogP contribution in [-0.2, 0) is 0 Å². The number of hydrogen-bond donors (Lipinski definition) is 3. The van der Waals surface area contributed by atoms with Gasteiger partial charge in [-0.1, -0.05) is 12.1 Å². The Morgan fingerprint density at radius 2 is 1.56 bits per heavy atom. The lowest BCUT2D eigenvalue weighted by Crippen LogP contribution is -2.30. The van der Waals surface area contributed by atoms with Crippen LogP contribution in [0.5, 0.6) is 0 Å². The number of benzene rings is 2. The van der Waals surface area contributed by atoms with Gasteiger partial charge >= 0.3 is 6.03 Å². The Morgan fingerprint density at radius 3 is 2.16 bits per heavy atom. The Morgan fingerprint density at radius 1 is 0.960 bits per heavy atom. The van der Waals surface area contributed by atoms with Crippen molar-refractivity contribution in [2.45, 2.75) is 18.9 Å². The first-order valence-corrected chi connectivity index (χ1v) is 7.75. The van der Waals surface area contributed by atoms with Crippen molar-refractivity contribution < 1.29 is 14.5 Å². The summed E-state index contributed by atoms with van der Waals surface area (Å²) >= 11 is 0. The first-order chi connectivity index (χ1) is 12.0. The number of nitro groups is 1. The number of amides is 3. The van der Waals surface area contributed by atoms with E-state index in [0.717, 1.165) is 12.8 Å². The Balaban J connectivity index is 1.64. The van der Waals surface area contributed by atoms with Crippen LogP contribution in [0.25, 0.3) is 0 Å². The summed E-state index contributed by atoms with van der Waals surface area (Å²) in [5.74, 6) is -0.570. The molecule has 0 saturated heterocycles. The van der Waals surface area contributed by atoms with Crippen LogP contribution in [0, 0.1) is 10.1 Å². The van der Waals surface area contributed by atoms with Crippen molar-refractivity contribution in [1.82, 2.24) is 5.32 Å². The van der Waals surface area contributed by atoms with E-state index in [1.165, 1.54) is 18.2 Å². The summed E-state index contributed by atoms with van der Waals surface area (Å²) in [6, 6.07) is 12.2. The third-order valence-electron chi connectivity index (χ3n) is 3.66.